The summed E-state index contributed by atoms with van der Waals surface area (Å²) in [6.07, 6.45) is 1.55. The van der Waals surface area contributed by atoms with E-state index in [0.29, 0.717) is 28.6 Å². The first-order chi connectivity index (χ1) is 13.7. The highest BCUT2D eigenvalue weighted by molar-refractivity contribution is 6.31. The van der Waals surface area contributed by atoms with E-state index in [1.165, 1.54) is 11.6 Å². The highest BCUT2D eigenvalue weighted by atomic mass is 35.5. The highest BCUT2D eigenvalue weighted by Crippen LogP contribution is 2.24. The number of nitrogens with one attached hydrogen (secondary N) is 1. The fourth-order valence-electron chi connectivity index (χ4n) is 3.00. The van der Waals surface area contributed by atoms with Crippen LogP contribution in [-0.4, -0.2) is 26.6 Å². The molecule has 0 radical (unpaired) electrons. The number of aryl methyl sites for hydroxylation is 3. The molecule has 1 N–H and O–H groups in total. The third-order valence-electron chi connectivity index (χ3n) is 4.53. The van der Waals surface area contributed by atoms with E-state index in [1.54, 1.807) is 38.2 Å². The second-order valence-corrected chi connectivity index (χ2v) is 7.05. The van der Waals surface area contributed by atoms with Gasteiger partial charge in [-0.3, -0.25) is 14.2 Å². The highest BCUT2D eigenvalue weighted by Gasteiger charge is 2.19. The van der Waals surface area contributed by atoms with Gasteiger partial charge in [0.15, 0.2) is 5.65 Å². The smallest absolute Gasteiger partial charge is 0.332 e. The van der Waals surface area contributed by atoms with Gasteiger partial charge >= 0.3 is 5.69 Å². The van der Waals surface area contributed by atoms with Gasteiger partial charge in [0.25, 0.3) is 5.56 Å². The summed E-state index contributed by atoms with van der Waals surface area (Å²) in [5.41, 5.74) is 0.953. The largest absolute Gasteiger partial charge is 0.493 e. The number of amides is 1. The zero-order valence-electron chi connectivity index (χ0n) is 16.6. The van der Waals surface area contributed by atoms with Crippen LogP contribution in [0.3, 0.4) is 0 Å². The minimum Gasteiger partial charge on any atom is -0.493 e. The second kappa shape index (κ2) is 8.08. The fourth-order valence-corrected chi connectivity index (χ4v) is 3.19. The van der Waals surface area contributed by atoms with Gasteiger partial charge in [0, 0.05) is 29.5 Å². The minimum atomic E-state index is -0.640. The topological polar surface area (TPSA) is 95.2 Å². The van der Waals surface area contributed by atoms with Crippen LogP contribution in [0.25, 0.3) is 11.0 Å². The number of benzene rings is 1. The molecule has 0 bridgehead atoms. The fraction of sp³-hybridized carbons (Fsp3) is 0.300. The van der Waals surface area contributed by atoms with Crippen LogP contribution in [0.15, 0.2) is 34.0 Å². The van der Waals surface area contributed by atoms with Crippen molar-refractivity contribution in [1.29, 1.82) is 0 Å². The average molecular weight is 417 g/mol. The standard InChI is InChI=1S/C20H21ClN4O4/c1-5-29-17-12(3)9-22-18-16(17)19(27)25(20(28)24(18)4)10-15(26)23-13-7-6-11(2)14(21)8-13/h6-9H,5,10H2,1-4H3,(H,23,26). The maximum Gasteiger partial charge on any atom is 0.332 e. The lowest BCUT2D eigenvalue weighted by atomic mass is 10.2. The van der Waals surface area contributed by atoms with E-state index in [4.69, 9.17) is 16.3 Å². The Kier molecular flexibility index (Phi) is 5.74. The third-order valence-corrected chi connectivity index (χ3v) is 4.94. The molecule has 9 heteroatoms. The monoisotopic (exact) mass is 416 g/mol. The van der Waals surface area contributed by atoms with Crippen molar-refractivity contribution >= 4 is 34.2 Å². The molecule has 8 nitrogen and oxygen atoms in total. The first-order valence-corrected chi connectivity index (χ1v) is 9.40. The van der Waals surface area contributed by atoms with Crippen molar-refractivity contribution < 1.29 is 9.53 Å². The van der Waals surface area contributed by atoms with Gasteiger partial charge in [-0.25, -0.2) is 14.3 Å². The molecule has 29 heavy (non-hydrogen) atoms. The molecule has 0 unspecified atom stereocenters. The SMILES string of the molecule is CCOc1c(C)cnc2c1c(=O)n(CC(=O)Nc1ccc(C)c(Cl)c1)c(=O)n2C. The van der Waals surface area contributed by atoms with Gasteiger partial charge in [0.1, 0.15) is 17.7 Å². The molecule has 2 aromatic heterocycles. The number of pyridine rings is 1. The summed E-state index contributed by atoms with van der Waals surface area (Å²) in [6.45, 7) is 5.30. The maximum atomic E-state index is 13.1. The van der Waals surface area contributed by atoms with Crippen molar-refractivity contribution in [2.45, 2.75) is 27.3 Å². The normalized spacial score (nSPS) is 10.9. The third kappa shape index (κ3) is 3.88. The van der Waals surface area contributed by atoms with E-state index in [2.05, 4.69) is 10.3 Å². The predicted molar refractivity (Wildman–Crippen MR) is 112 cm³/mol. The number of nitrogens with zero attached hydrogens (tertiary/aromatic N) is 3. The van der Waals surface area contributed by atoms with E-state index in [-0.39, 0.29) is 11.0 Å². The molecule has 3 aromatic rings. The van der Waals surface area contributed by atoms with Crippen LogP contribution in [0, 0.1) is 13.8 Å². The Morgan fingerprint density at radius 2 is 1.97 bits per heavy atom. The molecule has 0 spiro atoms. The molecular formula is C20H21ClN4O4. The number of ether oxygens (including phenoxy) is 1. The summed E-state index contributed by atoms with van der Waals surface area (Å²) in [6, 6.07) is 5.07. The number of hydrogen-bond donors (Lipinski definition) is 1. The molecule has 1 aromatic carbocycles. The molecule has 0 atom stereocenters. The van der Waals surface area contributed by atoms with Crippen molar-refractivity contribution in [2.24, 2.45) is 7.05 Å². The summed E-state index contributed by atoms with van der Waals surface area (Å²) in [7, 11) is 1.50. The number of carbonyl (C=O) groups is 1. The number of rotatable bonds is 5. The summed E-state index contributed by atoms with van der Waals surface area (Å²) < 4.78 is 7.72. The predicted octanol–water partition coefficient (Wildman–Crippen LogP) is 2.40. The summed E-state index contributed by atoms with van der Waals surface area (Å²) in [4.78, 5) is 42.5. The molecule has 152 valence electrons. The Bertz CT molecular complexity index is 1230. The van der Waals surface area contributed by atoms with Gasteiger partial charge in [0.05, 0.1) is 6.61 Å². The van der Waals surface area contributed by atoms with Crippen molar-refractivity contribution in [3.63, 3.8) is 0 Å². The van der Waals surface area contributed by atoms with E-state index < -0.39 is 23.7 Å². The van der Waals surface area contributed by atoms with Gasteiger partial charge in [-0.2, -0.15) is 0 Å². The second-order valence-electron chi connectivity index (χ2n) is 6.65. The molecule has 3 rings (SSSR count). The molecule has 0 aliphatic rings. The van der Waals surface area contributed by atoms with Crippen molar-refractivity contribution in [1.82, 2.24) is 14.1 Å². The summed E-state index contributed by atoms with van der Waals surface area (Å²) in [5.74, 6) is -0.167. The lowest BCUT2D eigenvalue weighted by molar-refractivity contribution is -0.116. The number of fused-ring (bicyclic) bond motifs is 1. The van der Waals surface area contributed by atoms with Gasteiger partial charge in [0.2, 0.25) is 5.91 Å². The van der Waals surface area contributed by atoms with Gasteiger partial charge in [-0.1, -0.05) is 17.7 Å². The van der Waals surface area contributed by atoms with E-state index >= 15 is 0 Å². The number of halogens is 1. The van der Waals surface area contributed by atoms with E-state index in [9.17, 15) is 14.4 Å². The molecule has 0 saturated heterocycles. The van der Waals surface area contributed by atoms with E-state index in [0.717, 1.165) is 10.1 Å². The van der Waals surface area contributed by atoms with Gasteiger partial charge < -0.3 is 10.1 Å². The van der Waals surface area contributed by atoms with Crippen LogP contribution in [0.2, 0.25) is 5.02 Å². The van der Waals surface area contributed by atoms with Crippen LogP contribution in [0.4, 0.5) is 5.69 Å². The number of anilines is 1. The van der Waals surface area contributed by atoms with Gasteiger partial charge in [-0.05, 0) is 38.5 Å². The molecule has 0 fully saturated rings. The molecule has 0 aliphatic carbocycles. The number of aromatic nitrogens is 3. The first kappa shape index (κ1) is 20.6. The lowest BCUT2D eigenvalue weighted by Crippen LogP contribution is -2.42. The number of hydrogen-bond acceptors (Lipinski definition) is 5. The van der Waals surface area contributed by atoms with Crippen LogP contribution in [-0.2, 0) is 18.4 Å². The summed E-state index contributed by atoms with van der Waals surface area (Å²) in [5, 5.41) is 3.32. The maximum absolute atomic E-state index is 13.1. The van der Waals surface area contributed by atoms with Crippen LogP contribution < -0.4 is 21.3 Å². The lowest BCUT2D eigenvalue weighted by Gasteiger charge is -2.14. The zero-order chi connectivity index (χ0) is 21.3. The molecule has 0 aliphatic heterocycles. The Hall–Kier alpha value is -3.13. The Morgan fingerprint density at radius 1 is 1.24 bits per heavy atom. The number of carbonyl (C=O) groups excluding carboxylic acids is 1. The summed E-state index contributed by atoms with van der Waals surface area (Å²) >= 11 is 6.08. The van der Waals surface area contributed by atoms with Crippen molar-refractivity contribution in [3.8, 4) is 5.75 Å². The Morgan fingerprint density at radius 3 is 2.62 bits per heavy atom. The Balaban J connectivity index is 2.06. The minimum absolute atomic E-state index is 0.167. The molecular weight excluding hydrogens is 396 g/mol. The molecule has 1 amide bonds. The van der Waals surface area contributed by atoms with Gasteiger partial charge in [-0.15, -0.1) is 0 Å². The Labute approximate surface area is 171 Å². The molecule has 0 saturated carbocycles. The van der Waals surface area contributed by atoms with Crippen molar-refractivity contribution in [2.75, 3.05) is 11.9 Å². The quantitative estimate of drug-likeness (QED) is 0.689. The molecule has 2 heterocycles. The van der Waals surface area contributed by atoms with Crippen molar-refractivity contribution in [3.05, 3.63) is 61.4 Å². The van der Waals surface area contributed by atoms with Crippen LogP contribution in [0.1, 0.15) is 18.1 Å². The van der Waals surface area contributed by atoms with E-state index in [1.807, 2.05) is 6.92 Å². The first-order valence-electron chi connectivity index (χ1n) is 9.02. The van der Waals surface area contributed by atoms with Crippen LogP contribution >= 0.6 is 11.6 Å². The average Bonchev–Trinajstić information content (AvgIpc) is 2.68. The van der Waals surface area contributed by atoms with Crippen LogP contribution in [0.5, 0.6) is 5.75 Å². The zero-order valence-corrected chi connectivity index (χ0v) is 17.3.